The van der Waals surface area contributed by atoms with Gasteiger partial charge in [-0.1, -0.05) is 164 Å². The van der Waals surface area contributed by atoms with Crippen LogP contribution in [0.5, 0.6) is 0 Å². The van der Waals surface area contributed by atoms with E-state index in [1.807, 2.05) is 40.9 Å². The van der Waals surface area contributed by atoms with Gasteiger partial charge in [-0.15, -0.1) is 22.7 Å². The van der Waals surface area contributed by atoms with Crippen molar-refractivity contribution in [3.05, 3.63) is 212 Å². The number of fused-ring (bicyclic) bond motifs is 9. The van der Waals surface area contributed by atoms with E-state index in [9.17, 15) is 0 Å². The van der Waals surface area contributed by atoms with Gasteiger partial charge in [0, 0.05) is 57.0 Å². The fourth-order valence-electron chi connectivity index (χ4n) is 9.39. The molecule has 3 aromatic heterocycles. The molecule has 0 aliphatic carbocycles. The smallest absolute Gasteiger partial charge is 0.164 e. The first kappa shape index (κ1) is 36.8. The molecule has 13 rings (SSSR count). The third-order valence-electron chi connectivity index (χ3n) is 12.5. The standard InChI is InChI=1S/C59H35N3S2/c1-2-12-37(13-3-1)57-60-58(38-24-22-36(23-25-38)49-34-41-14-4-5-15-43(41)45-16-6-7-17-46(45)49)62-59(61-57)52-33-39(40-27-30-55-50(32-40)47-18-8-10-20-53(47)63-55)26-29-44(52)42-28-31-56-51(35-42)48-19-9-11-21-54(48)64-56/h1-35H. The van der Waals surface area contributed by atoms with Crippen molar-refractivity contribution < 1.29 is 0 Å². The molecule has 0 fully saturated rings. The SMILES string of the molecule is c1ccc(-c2nc(-c3ccc(-c4cc5ccccc5c5ccccc45)cc3)nc(-c3cc(-c4ccc5sc6ccccc6c5c4)ccc3-c3ccc4sc5ccccc5c4c3)n2)cc1. The number of nitrogens with zero attached hydrogens (tertiary/aromatic N) is 3. The Morgan fingerprint density at radius 3 is 1.41 bits per heavy atom. The van der Waals surface area contributed by atoms with Crippen molar-refractivity contribution in [1.29, 1.82) is 0 Å². The zero-order chi connectivity index (χ0) is 42.1. The number of rotatable bonds is 6. The number of benzene rings is 10. The molecule has 0 unspecified atom stereocenters. The summed E-state index contributed by atoms with van der Waals surface area (Å²) in [4.78, 5) is 15.9. The van der Waals surface area contributed by atoms with E-state index in [4.69, 9.17) is 15.0 Å². The van der Waals surface area contributed by atoms with Gasteiger partial charge in [0.25, 0.3) is 0 Å². The second kappa shape index (κ2) is 14.9. The van der Waals surface area contributed by atoms with Crippen LogP contribution in [0.1, 0.15) is 0 Å². The van der Waals surface area contributed by atoms with Crippen LogP contribution in [0.4, 0.5) is 0 Å². The Balaban J connectivity index is 1.00. The van der Waals surface area contributed by atoms with Gasteiger partial charge in [-0.05, 0) is 103 Å². The van der Waals surface area contributed by atoms with Crippen LogP contribution in [-0.4, -0.2) is 15.0 Å². The average Bonchev–Trinajstić information content (AvgIpc) is 3.94. The summed E-state index contributed by atoms with van der Waals surface area (Å²) in [5.41, 5.74) is 9.60. The number of hydrogen-bond acceptors (Lipinski definition) is 5. The largest absolute Gasteiger partial charge is 0.208 e. The van der Waals surface area contributed by atoms with Crippen LogP contribution in [-0.2, 0) is 0 Å². The molecule has 5 heteroatoms. The summed E-state index contributed by atoms with van der Waals surface area (Å²) >= 11 is 3.68. The summed E-state index contributed by atoms with van der Waals surface area (Å²) in [6.07, 6.45) is 0. The van der Waals surface area contributed by atoms with Crippen LogP contribution in [0.15, 0.2) is 212 Å². The maximum Gasteiger partial charge on any atom is 0.164 e. The van der Waals surface area contributed by atoms with E-state index < -0.39 is 0 Å². The zero-order valence-electron chi connectivity index (χ0n) is 34.4. The van der Waals surface area contributed by atoms with E-state index in [0.29, 0.717) is 17.5 Å². The van der Waals surface area contributed by atoms with Gasteiger partial charge in [0.05, 0.1) is 0 Å². The van der Waals surface area contributed by atoms with Gasteiger partial charge in [-0.2, -0.15) is 0 Å². The fourth-order valence-corrected chi connectivity index (χ4v) is 11.6. The first-order chi connectivity index (χ1) is 31.7. The molecule has 0 aliphatic heterocycles. The van der Waals surface area contributed by atoms with Gasteiger partial charge in [0.15, 0.2) is 17.5 Å². The number of aromatic nitrogens is 3. The fraction of sp³-hybridized carbons (Fsp3) is 0. The van der Waals surface area contributed by atoms with E-state index in [1.54, 1.807) is 0 Å². The lowest BCUT2D eigenvalue weighted by Crippen LogP contribution is -2.01. The third kappa shape index (κ3) is 6.20. The van der Waals surface area contributed by atoms with E-state index >= 15 is 0 Å². The summed E-state index contributed by atoms with van der Waals surface area (Å²) < 4.78 is 5.14. The molecule has 298 valence electrons. The molecule has 3 heterocycles. The van der Waals surface area contributed by atoms with E-state index in [2.05, 4.69) is 194 Å². The van der Waals surface area contributed by atoms with Gasteiger partial charge in [0.1, 0.15) is 0 Å². The minimum atomic E-state index is 0.626. The van der Waals surface area contributed by atoms with Crippen LogP contribution in [0.2, 0.25) is 0 Å². The van der Waals surface area contributed by atoms with Gasteiger partial charge in [-0.3, -0.25) is 0 Å². The Bertz CT molecular complexity index is 3960. The predicted octanol–water partition coefficient (Wildman–Crippen LogP) is 16.9. The molecule has 0 radical (unpaired) electrons. The molecule has 0 saturated heterocycles. The zero-order valence-corrected chi connectivity index (χ0v) is 36.0. The molecule has 0 atom stereocenters. The lowest BCUT2D eigenvalue weighted by Gasteiger charge is -2.15. The molecule has 13 aromatic rings. The van der Waals surface area contributed by atoms with Crippen molar-refractivity contribution in [3.8, 4) is 67.5 Å². The van der Waals surface area contributed by atoms with Gasteiger partial charge < -0.3 is 0 Å². The Kier molecular flexibility index (Phi) is 8.58. The Morgan fingerprint density at radius 2 is 0.703 bits per heavy atom. The highest BCUT2D eigenvalue weighted by atomic mass is 32.1. The van der Waals surface area contributed by atoms with Crippen molar-refractivity contribution in [2.45, 2.75) is 0 Å². The molecule has 3 nitrogen and oxygen atoms in total. The molecule has 0 amide bonds. The van der Waals surface area contributed by atoms with Crippen LogP contribution in [0.25, 0.3) is 129 Å². The van der Waals surface area contributed by atoms with E-state index in [1.165, 1.54) is 67.5 Å². The Morgan fingerprint density at radius 1 is 0.234 bits per heavy atom. The summed E-state index contributed by atoms with van der Waals surface area (Å²) in [6.45, 7) is 0. The minimum absolute atomic E-state index is 0.626. The quantitative estimate of drug-likeness (QED) is 0.156. The summed E-state index contributed by atoms with van der Waals surface area (Å²) in [7, 11) is 0. The van der Waals surface area contributed by atoms with Crippen LogP contribution < -0.4 is 0 Å². The normalized spacial score (nSPS) is 11.8. The Hall–Kier alpha value is -7.83. The molecule has 0 N–H and O–H groups in total. The highest BCUT2D eigenvalue weighted by Crippen LogP contribution is 2.42. The first-order valence-electron chi connectivity index (χ1n) is 21.5. The first-order valence-corrected chi connectivity index (χ1v) is 23.1. The molecule has 10 aromatic carbocycles. The van der Waals surface area contributed by atoms with Gasteiger partial charge in [-0.25, -0.2) is 15.0 Å². The summed E-state index contributed by atoms with van der Waals surface area (Å²) in [5.74, 6) is 1.88. The lowest BCUT2D eigenvalue weighted by atomic mass is 9.92. The third-order valence-corrected chi connectivity index (χ3v) is 14.9. The van der Waals surface area contributed by atoms with E-state index in [-0.39, 0.29) is 0 Å². The minimum Gasteiger partial charge on any atom is -0.208 e. The van der Waals surface area contributed by atoms with Crippen LogP contribution in [0, 0.1) is 0 Å². The lowest BCUT2D eigenvalue weighted by molar-refractivity contribution is 1.07. The monoisotopic (exact) mass is 849 g/mol. The summed E-state index contributed by atoms with van der Waals surface area (Å²) in [6, 6.07) is 76.4. The van der Waals surface area contributed by atoms with Gasteiger partial charge >= 0.3 is 0 Å². The van der Waals surface area contributed by atoms with Crippen molar-refractivity contribution in [2.24, 2.45) is 0 Å². The van der Waals surface area contributed by atoms with Crippen molar-refractivity contribution >= 4 is 84.6 Å². The number of thiophene rings is 2. The van der Waals surface area contributed by atoms with Crippen molar-refractivity contribution in [1.82, 2.24) is 15.0 Å². The van der Waals surface area contributed by atoms with Crippen molar-refractivity contribution in [2.75, 3.05) is 0 Å². The average molecular weight is 850 g/mol. The predicted molar refractivity (Wildman–Crippen MR) is 273 cm³/mol. The second-order valence-electron chi connectivity index (χ2n) is 16.3. The molecular formula is C59H35N3S2. The molecule has 0 bridgehead atoms. The van der Waals surface area contributed by atoms with Crippen molar-refractivity contribution in [3.63, 3.8) is 0 Å². The highest BCUT2D eigenvalue weighted by Gasteiger charge is 2.19. The molecule has 64 heavy (non-hydrogen) atoms. The number of hydrogen-bond donors (Lipinski definition) is 0. The molecule has 0 aliphatic rings. The summed E-state index contributed by atoms with van der Waals surface area (Å²) in [5, 5.41) is 10.0. The van der Waals surface area contributed by atoms with Crippen LogP contribution in [0.3, 0.4) is 0 Å². The second-order valence-corrected chi connectivity index (χ2v) is 18.5. The molecular weight excluding hydrogens is 815 g/mol. The van der Waals surface area contributed by atoms with Gasteiger partial charge in [0.2, 0.25) is 0 Å². The van der Waals surface area contributed by atoms with Crippen LogP contribution >= 0.6 is 22.7 Å². The molecule has 0 spiro atoms. The highest BCUT2D eigenvalue weighted by molar-refractivity contribution is 7.26. The molecule has 0 saturated carbocycles. The maximum atomic E-state index is 5.38. The topological polar surface area (TPSA) is 38.7 Å². The van der Waals surface area contributed by atoms with E-state index in [0.717, 1.165) is 44.5 Å². The maximum absolute atomic E-state index is 5.38. The Labute approximate surface area is 377 Å².